The van der Waals surface area contributed by atoms with E-state index in [1.165, 1.54) is 0 Å². The van der Waals surface area contributed by atoms with Crippen LogP contribution < -0.4 is 0 Å². The molecule has 0 aliphatic rings. The van der Waals surface area contributed by atoms with Gasteiger partial charge in [0.1, 0.15) is 0 Å². The van der Waals surface area contributed by atoms with Crippen LogP contribution >= 0.6 is 24.2 Å². The van der Waals surface area contributed by atoms with Crippen molar-refractivity contribution in [1.29, 1.82) is 0 Å². The summed E-state index contributed by atoms with van der Waals surface area (Å²) in [5.74, 6) is 0.894. The first-order chi connectivity index (χ1) is 2.77. The Morgan fingerprint density at radius 2 is 2.33 bits per heavy atom. The van der Waals surface area contributed by atoms with Crippen molar-refractivity contribution in [2.75, 3.05) is 5.75 Å². The molecule has 0 radical (unpaired) electrons. The van der Waals surface area contributed by atoms with Gasteiger partial charge in [0.25, 0.3) is 0 Å². The summed E-state index contributed by atoms with van der Waals surface area (Å²) < 4.78 is 0. The van der Waals surface area contributed by atoms with Gasteiger partial charge < -0.3 is 0 Å². The van der Waals surface area contributed by atoms with Crippen molar-refractivity contribution in [1.82, 2.24) is 0 Å². The smallest absolute Gasteiger partial charge is 0.0315 e. The summed E-state index contributed by atoms with van der Waals surface area (Å²) in [4.78, 5) is 0. The molecule has 0 aliphatic heterocycles. The zero-order chi connectivity index (χ0) is 4.99. The summed E-state index contributed by atoms with van der Waals surface area (Å²) >= 11 is 9.50. The van der Waals surface area contributed by atoms with Gasteiger partial charge >= 0.3 is 0 Å². The molecule has 0 saturated carbocycles. The van der Waals surface area contributed by atoms with Gasteiger partial charge in [-0.1, -0.05) is 0 Å². The summed E-state index contributed by atoms with van der Waals surface area (Å²) in [6, 6.07) is 0. The Morgan fingerprint density at radius 1 is 1.83 bits per heavy atom. The largest absolute Gasteiger partial charge is 0.179 e. The minimum Gasteiger partial charge on any atom is -0.179 e. The van der Waals surface area contributed by atoms with Gasteiger partial charge in [-0.05, 0) is 19.1 Å². The predicted octanol–water partition coefficient (Wildman–Crippen LogP) is 1.93. The van der Waals surface area contributed by atoms with Crippen molar-refractivity contribution < 1.29 is 0 Å². The minimum atomic E-state index is 0.294. The molecule has 0 N–H and O–H groups in total. The number of hydrogen-bond acceptors (Lipinski definition) is 1. The first-order valence-corrected chi connectivity index (χ1v) is 3.09. The van der Waals surface area contributed by atoms with E-state index in [0.717, 1.165) is 12.2 Å². The fourth-order valence-electron chi connectivity index (χ4n) is 0.178. The summed E-state index contributed by atoms with van der Waals surface area (Å²) in [5.41, 5.74) is 0. The molecular formula is C4H9ClS. The van der Waals surface area contributed by atoms with E-state index in [0.29, 0.717) is 5.38 Å². The van der Waals surface area contributed by atoms with Crippen LogP contribution in [-0.2, 0) is 0 Å². The Bertz CT molecular complexity index is 28.7. The van der Waals surface area contributed by atoms with Crippen molar-refractivity contribution in [3.63, 3.8) is 0 Å². The van der Waals surface area contributed by atoms with Crippen LogP contribution in [0.3, 0.4) is 0 Å². The van der Waals surface area contributed by atoms with Crippen molar-refractivity contribution in [3.05, 3.63) is 0 Å². The van der Waals surface area contributed by atoms with Crippen LogP contribution in [0.5, 0.6) is 0 Å². The molecule has 0 bridgehead atoms. The molecule has 0 aromatic carbocycles. The first-order valence-electron chi connectivity index (χ1n) is 2.02. The Balaban J connectivity index is 2.63. The van der Waals surface area contributed by atoms with Crippen LogP contribution in [0, 0.1) is 0 Å². The molecule has 0 fully saturated rings. The van der Waals surface area contributed by atoms with Crippen LogP contribution in [0.25, 0.3) is 0 Å². The number of alkyl halides is 1. The van der Waals surface area contributed by atoms with E-state index in [9.17, 15) is 0 Å². The van der Waals surface area contributed by atoms with E-state index in [1.54, 1.807) is 0 Å². The number of rotatable bonds is 2. The molecule has 0 heterocycles. The fraction of sp³-hybridized carbons (Fsp3) is 1.00. The maximum Gasteiger partial charge on any atom is 0.0315 e. The van der Waals surface area contributed by atoms with E-state index in [2.05, 4.69) is 12.6 Å². The third-order valence-corrected chi connectivity index (χ3v) is 1.00. The van der Waals surface area contributed by atoms with E-state index < -0.39 is 0 Å². The topological polar surface area (TPSA) is 0 Å². The average molecular weight is 125 g/mol. The molecule has 2 heteroatoms. The lowest BCUT2D eigenvalue weighted by Crippen LogP contribution is -1.88. The van der Waals surface area contributed by atoms with E-state index >= 15 is 0 Å². The quantitative estimate of drug-likeness (QED) is 0.422. The Kier molecular flexibility index (Phi) is 4.22. The molecule has 0 rings (SSSR count). The molecule has 38 valence electrons. The summed E-state index contributed by atoms with van der Waals surface area (Å²) in [6.45, 7) is 1.97. The van der Waals surface area contributed by atoms with Gasteiger partial charge in [0.05, 0.1) is 0 Å². The van der Waals surface area contributed by atoms with Crippen molar-refractivity contribution in [2.45, 2.75) is 18.7 Å². The molecule has 0 aromatic heterocycles. The van der Waals surface area contributed by atoms with Crippen LogP contribution in [-0.4, -0.2) is 11.1 Å². The summed E-state index contributed by atoms with van der Waals surface area (Å²) in [6.07, 6.45) is 1.00. The van der Waals surface area contributed by atoms with Gasteiger partial charge in [0.2, 0.25) is 0 Å². The maximum atomic E-state index is 5.53. The highest BCUT2D eigenvalue weighted by Crippen LogP contribution is 1.99. The minimum absolute atomic E-state index is 0.294. The van der Waals surface area contributed by atoms with Crippen LogP contribution in [0.4, 0.5) is 0 Å². The summed E-state index contributed by atoms with van der Waals surface area (Å²) in [7, 11) is 0. The maximum absolute atomic E-state index is 5.53. The molecule has 0 amide bonds. The number of halogens is 1. The van der Waals surface area contributed by atoms with E-state index in [4.69, 9.17) is 11.6 Å². The van der Waals surface area contributed by atoms with Crippen molar-refractivity contribution >= 4 is 24.2 Å². The van der Waals surface area contributed by atoms with E-state index in [-0.39, 0.29) is 0 Å². The average Bonchev–Trinajstić information content (AvgIpc) is 1.35. The summed E-state index contributed by atoms with van der Waals surface area (Å²) in [5, 5.41) is 0.294. The number of thiol groups is 1. The highest BCUT2D eigenvalue weighted by molar-refractivity contribution is 7.80. The molecule has 0 nitrogen and oxygen atoms in total. The lowest BCUT2D eigenvalue weighted by molar-refractivity contribution is 0.908. The van der Waals surface area contributed by atoms with Gasteiger partial charge in [0.15, 0.2) is 0 Å². The van der Waals surface area contributed by atoms with Gasteiger partial charge in [0, 0.05) is 5.38 Å². The van der Waals surface area contributed by atoms with Gasteiger partial charge in [-0.2, -0.15) is 12.6 Å². The highest BCUT2D eigenvalue weighted by Gasteiger charge is 1.88. The third-order valence-electron chi connectivity index (χ3n) is 0.527. The van der Waals surface area contributed by atoms with Crippen LogP contribution in [0.1, 0.15) is 13.3 Å². The number of hydrogen-bond donors (Lipinski definition) is 1. The van der Waals surface area contributed by atoms with Gasteiger partial charge in [-0.15, -0.1) is 11.6 Å². The normalized spacial score (nSPS) is 14.5. The third kappa shape index (κ3) is 4.64. The van der Waals surface area contributed by atoms with Crippen molar-refractivity contribution in [3.8, 4) is 0 Å². The van der Waals surface area contributed by atoms with Gasteiger partial charge in [-0.25, -0.2) is 0 Å². The molecular weight excluding hydrogens is 116 g/mol. The highest BCUT2D eigenvalue weighted by atomic mass is 35.5. The van der Waals surface area contributed by atoms with Crippen molar-refractivity contribution in [2.24, 2.45) is 0 Å². The second-order valence-corrected chi connectivity index (χ2v) is 2.49. The van der Waals surface area contributed by atoms with Gasteiger partial charge in [-0.3, -0.25) is 0 Å². The molecule has 0 aromatic rings. The molecule has 6 heavy (non-hydrogen) atoms. The zero-order valence-corrected chi connectivity index (χ0v) is 5.47. The monoisotopic (exact) mass is 124 g/mol. The second kappa shape index (κ2) is 3.82. The molecule has 0 saturated heterocycles. The molecule has 1 unspecified atom stereocenters. The standard InChI is InChI=1S/C4H9ClS/c1-4(5)2-3-6/h4,6H,2-3H2,1H3. The molecule has 0 spiro atoms. The zero-order valence-electron chi connectivity index (χ0n) is 3.82. The lowest BCUT2D eigenvalue weighted by Gasteiger charge is -1.92. The fourth-order valence-corrected chi connectivity index (χ4v) is 0.826. The first kappa shape index (κ1) is 6.64. The van der Waals surface area contributed by atoms with Crippen LogP contribution in [0.2, 0.25) is 0 Å². The molecule has 0 aliphatic carbocycles. The second-order valence-electron chi connectivity index (χ2n) is 1.29. The lowest BCUT2D eigenvalue weighted by atomic mass is 10.4. The van der Waals surface area contributed by atoms with Crippen LogP contribution in [0.15, 0.2) is 0 Å². The van der Waals surface area contributed by atoms with E-state index in [1.807, 2.05) is 6.92 Å². The SMILES string of the molecule is CC(Cl)CCS. The Morgan fingerprint density at radius 3 is 2.33 bits per heavy atom. The predicted molar refractivity (Wildman–Crippen MR) is 33.8 cm³/mol. The molecule has 1 atom stereocenters. The Labute approximate surface area is 49.3 Å². The Hall–Kier alpha value is 0.640.